The van der Waals surface area contributed by atoms with Crippen LogP contribution in [0.4, 0.5) is 5.69 Å². The van der Waals surface area contributed by atoms with E-state index < -0.39 is 0 Å². The average Bonchev–Trinajstić information content (AvgIpc) is 2.92. The van der Waals surface area contributed by atoms with Crippen molar-refractivity contribution >= 4 is 11.6 Å². The molecule has 1 atom stereocenters. The summed E-state index contributed by atoms with van der Waals surface area (Å²) in [7, 11) is 0. The number of aryl methyl sites for hydroxylation is 1. The largest absolute Gasteiger partial charge is 0.326 e. The molecule has 1 unspecified atom stereocenters. The Hall–Kier alpha value is -1.35. The Balaban J connectivity index is 1.91. The SMILES string of the molecule is CCNC(c1ccc2c(c1)CCC(=O)N2)C1(C)CCCC1. The van der Waals surface area contributed by atoms with Crippen molar-refractivity contribution in [3.63, 3.8) is 0 Å². The zero-order valence-electron chi connectivity index (χ0n) is 13.2. The summed E-state index contributed by atoms with van der Waals surface area (Å²) < 4.78 is 0. The normalized spacial score (nSPS) is 21.7. The molecular formula is C18H26N2O. The zero-order chi connectivity index (χ0) is 14.9. The highest BCUT2D eigenvalue weighted by molar-refractivity contribution is 5.93. The van der Waals surface area contributed by atoms with Crippen LogP contribution in [0.25, 0.3) is 0 Å². The molecule has 1 aliphatic heterocycles. The summed E-state index contributed by atoms with van der Waals surface area (Å²) in [5.74, 6) is 0.140. The number of carbonyl (C=O) groups excluding carboxylic acids is 1. The van der Waals surface area contributed by atoms with Gasteiger partial charge in [-0.05, 0) is 48.4 Å². The van der Waals surface area contributed by atoms with E-state index >= 15 is 0 Å². The first-order valence-electron chi connectivity index (χ1n) is 8.28. The van der Waals surface area contributed by atoms with Crippen LogP contribution in [-0.4, -0.2) is 12.5 Å². The first kappa shape index (κ1) is 14.6. The topological polar surface area (TPSA) is 41.1 Å². The Morgan fingerprint density at radius 1 is 1.29 bits per heavy atom. The maximum absolute atomic E-state index is 11.5. The quantitative estimate of drug-likeness (QED) is 0.884. The summed E-state index contributed by atoms with van der Waals surface area (Å²) in [4.78, 5) is 11.5. The maximum Gasteiger partial charge on any atom is 0.224 e. The maximum atomic E-state index is 11.5. The highest BCUT2D eigenvalue weighted by Gasteiger charge is 2.37. The van der Waals surface area contributed by atoms with Crippen molar-refractivity contribution in [1.82, 2.24) is 5.32 Å². The number of carbonyl (C=O) groups is 1. The molecule has 0 bridgehead atoms. The van der Waals surface area contributed by atoms with Gasteiger partial charge in [0.2, 0.25) is 5.91 Å². The fourth-order valence-corrected chi connectivity index (χ4v) is 4.02. The van der Waals surface area contributed by atoms with Crippen molar-refractivity contribution < 1.29 is 4.79 Å². The van der Waals surface area contributed by atoms with Crippen LogP contribution in [0.3, 0.4) is 0 Å². The molecule has 1 aromatic rings. The van der Waals surface area contributed by atoms with Gasteiger partial charge >= 0.3 is 0 Å². The minimum atomic E-state index is 0.140. The number of benzene rings is 1. The van der Waals surface area contributed by atoms with Crippen LogP contribution in [0.1, 0.15) is 63.1 Å². The second-order valence-electron chi connectivity index (χ2n) is 6.82. The molecular weight excluding hydrogens is 260 g/mol. The molecule has 1 heterocycles. The standard InChI is InChI=1S/C18H26N2O/c1-3-19-17(18(2)10-4-5-11-18)14-6-8-15-13(12-14)7-9-16(21)20-15/h6,8,12,17,19H,3-5,7,9-11H2,1-2H3,(H,20,21). The zero-order valence-corrected chi connectivity index (χ0v) is 13.2. The van der Waals surface area contributed by atoms with Gasteiger partial charge in [0.15, 0.2) is 0 Å². The van der Waals surface area contributed by atoms with E-state index in [1.54, 1.807) is 0 Å². The molecule has 0 saturated heterocycles. The Kier molecular flexibility index (Phi) is 4.03. The van der Waals surface area contributed by atoms with E-state index in [2.05, 4.69) is 42.7 Å². The van der Waals surface area contributed by atoms with E-state index in [1.165, 1.54) is 36.8 Å². The Morgan fingerprint density at radius 3 is 2.76 bits per heavy atom. The number of hydrogen-bond acceptors (Lipinski definition) is 2. The van der Waals surface area contributed by atoms with Gasteiger partial charge in [0.1, 0.15) is 0 Å². The Morgan fingerprint density at radius 2 is 2.05 bits per heavy atom. The van der Waals surface area contributed by atoms with Crippen LogP contribution in [0, 0.1) is 5.41 Å². The van der Waals surface area contributed by atoms with E-state index in [-0.39, 0.29) is 5.91 Å². The molecule has 0 spiro atoms. The van der Waals surface area contributed by atoms with Crippen LogP contribution in [0.2, 0.25) is 0 Å². The minimum absolute atomic E-state index is 0.140. The van der Waals surface area contributed by atoms with Crippen LogP contribution >= 0.6 is 0 Å². The van der Waals surface area contributed by atoms with Gasteiger partial charge in [0, 0.05) is 18.2 Å². The molecule has 3 rings (SSSR count). The van der Waals surface area contributed by atoms with Crippen molar-refractivity contribution in [2.24, 2.45) is 5.41 Å². The van der Waals surface area contributed by atoms with Crippen molar-refractivity contribution in [1.29, 1.82) is 0 Å². The van der Waals surface area contributed by atoms with Crippen LogP contribution in [0.15, 0.2) is 18.2 Å². The summed E-state index contributed by atoms with van der Waals surface area (Å²) in [5.41, 5.74) is 4.04. The summed E-state index contributed by atoms with van der Waals surface area (Å²) in [6.45, 7) is 5.60. The lowest BCUT2D eigenvalue weighted by Crippen LogP contribution is -2.34. The fourth-order valence-electron chi connectivity index (χ4n) is 4.02. The second-order valence-corrected chi connectivity index (χ2v) is 6.82. The minimum Gasteiger partial charge on any atom is -0.326 e. The third-order valence-electron chi connectivity index (χ3n) is 5.21. The molecule has 1 aromatic carbocycles. The van der Waals surface area contributed by atoms with Gasteiger partial charge in [-0.3, -0.25) is 4.79 Å². The van der Waals surface area contributed by atoms with E-state index in [4.69, 9.17) is 0 Å². The van der Waals surface area contributed by atoms with E-state index in [1.807, 2.05) is 0 Å². The number of nitrogens with one attached hydrogen (secondary N) is 2. The van der Waals surface area contributed by atoms with Crippen molar-refractivity contribution in [3.05, 3.63) is 29.3 Å². The van der Waals surface area contributed by atoms with Gasteiger partial charge in [0.05, 0.1) is 0 Å². The van der Waals surface area contributed by atoms with Crippen molar-refractivity contribution in [2.75, 3.05) is 11.9 Å². The number of hydrogen-bond donors (Lipinski definition) is 2. The molecule has 0 radical (unpaired) electrons. The second kappa shape index (κ2) is 5.80. The number of anilines is 1. The van der Waals surface area contributed by atoms with E-state index in [0.717, 1.165) is 18.7 Å². The van der Waals surface area contributed by atoms with Gasteiger partial charge in [0.25, 0.3) is 0 Å². The predicted octanol–water partition coefficient (Wildman–Crippen LogP) is 3.80. The molecule has 1 fully saturated rings. The molecule has 114 valence electrons. The third-order valence-corrected chi connectivity index (χ3v) is 5.21. The van der Waals surface area contributed by atoms with Gasteiger partial charge in [-0.2, -0.15) is 0 Å². The summed E-state index contributed by atoms with van der Waals surface area (Å²) in [5, 5.41) is 6.69. The highest BCUT2D eigenvalue weighted by Crippen LogP contribution is 2.47. The van der Waals surface area contributed by atoms with Crippen LogP contribution < -0.4 is 10.6 Å². The molecule has 2 N–H and O–H groups in total. The van der Waals surface area contributed by atoms with Gasteiger partial charge in [-0.25, -0.2) is 0 Å². The number of fused-ring (bicyclic) bond motifs is 1. The smallest absolute Gasteiger partial charge is 0.224 e. The van der Waals surface area contributed by atoms with Crippen LogP contribution in [0.5, 0.6) is 0 Å². The Bertz CT molecular complexity index is 532. The predicted molar refractivity (Wildman–Crippen MR) is 86.4 cm³/mol. The lowest BCUT2D eigenvalue weighted by molar-refractivity contribution is -0.116. The average molecular weight is 286 g/mol. The monoisotopic (exact) mass is 286 g/mol. The molecule has 1 amide bonds. The first-order chi connectivity index (χ1) is 10.1. The van der Waals surface area contributed by atoms with E-state index in [9.17, 15) is 4.79 Å². The molecule has 0 aromatic heterocycles. The molecule has 3 heteroatoms. The molecule has 1 aliphatic carbocycles. The number of rotatable bonds is 4. The highest BCUT2D eigenvalue weighted by atomic mass is 16.1. The summed E-state index contributed by atoms with van der Waals surface area (Å²) in [6.07, 6.45) is 6.78. The lowest BCUT2D eigenvalue weighted by atomic mass is 9.76. The number of amides is 1. The first-order valence-corrected chi connectivity index (χ1v) is 8.28. The lowest BCUT2D eigenvalue weighted by Gasteiger charge is -2.36. The molecule has 2 aliphatic rings. The van der Waals surface area contributed by atoms with Crippen molar-refractivity contribution in [3.8, 4) is 0 Å². The van der Waals surface area contributed by atoms with Gasteiger partial charge < -0.3 is 10.6 Å². The molecule has 21 heavy (non-hydrogen) atoms. The Labute approximate surface area is 127 Å². The fraction of sp³-hybridized carbons (Fsp3) is 0.611. The molecule has 3 nitrogen and oxygen atoms in total. The summed E-state index contributed by atoms with van der Waals surface area (Å²) in [6, 6.07) is 7.02. The summed E-state index contributed by atoms with van der Waals surface area (Å²) >= 11 is 0. The van der Waals surface area contributed by atoms with Gasteiger partial charge in [-0.15, -0.1) is 0 Å². The third kappa shape index (κ3) is 2.84. The van der Waals surface area contributed by atoms with Gasteiger partial charge in [-0.1, -0.05) is 38.8 Å². The van der Waals surface area contributed by atoms with E-state index in [0.29, 0.717) is 17.9 Å². The van der Waals surface area contributed by atoms with Crippen molar-refractivity contribution in [2.45, 2.75) is 58.4 Å². The molecule has 1 saturated carbocycles. The van der Waals surface area contributed by atoms with Crippen LogP contribution in [-0.2, 0) is 11.2 Å².